The van der Waals surface area contributed by atoms with Crippen LogP contribution in [0.2, 0.25) is 0 Å². The molecule has 0 aromatic carbocycles. The molecule has 112 valence electrons. The van der Waals surface area contributed by atoms with Crippen molar-refractivity contribution in [2.45, 2.75) is 43.9 Å². The summed E-state index contributed by atoms with van der Waals surface area (Å²) in [5, 5.41) is 3.76. The summed E-state index contributed by atoms with van der Waals surface area (Å²) in [4.78, 5) is 13.6. The van der Waals surface area contributed by atoms with E-state index in [0.29, 0.717) is 6.54 Å². The zero-order valence-electron chi connectivity index (χ0n) is 11.7. The monoisotopic (exact) mass is 315 g/mol. The van der Waals surface area contributed by atoms with E-state index >= 15 is 0 Å². The molecule has 1 aliphatic carbocycles. The Bertz CT molecular complexity index is 531. The van der Waals surface area contributed by atoms with Gasteiger partial charge in [-0.3, -0.25) is 4.79 Å². The molecular weight excluding hydrogens is 294 g/mol. The average molecular weight is 315 g/mol. The first-order chi connectivity index (χ1) is 9.49. The average Bonchev–Trinajstić information content (AvgIpc) is 3.08. The Morgan fingerprint density at radius 1 is 1.40 bits per heavy atom. The Kier molecular flexibility index (Phi) is 5.21. The van der Waals surface area contributed by atoms with Gasteiger partial charge in [0.05, 0.1) is 11.0 Å². The van der Waals surface area contributed by atoms with E-state index in [0.717, 1.165) is 31.2 Å². The van der Waals surface area contributed by atoms with Crippen LogP contribution in [0.25, 0.3) is 0 Å². The molecule has 1 fully saturated rings. The van der Waals surface area contributed by atoms with Crippen molar-refractivity contribution in [2.24, 2.45) is 0 Å². The normalized spacial score (nSPS) is 16.4. The van der Waals surface area contributed by atoms with E-state index in [1.165, 1.54) is 0 Å². The lowest BCUT2D eigenvalue weighted by Gasteiger charge is -2.17. The minimum atomic E-state index is -3.10. The lowest BCUT2D eigenvalue weighted by atomic mass is 10.3. The van der Waals surface area contributed by atoms with Crippen LogP contribution in [0.5, 0.6) is 0 Å². The number of rotatable bonds is 6. The van der Waals surface area contributed by atoms with Crippen LogP contribution in [0.4, 0.5) is 0 Å². The zero-order valence-corrected chi connectivity index (χ0v) is 13.4. The Labute approximate surface area is 124 Å². The molecule has 1 aliphatic rings. The van der Waals surface area contributed by atoms with Gasteiger partial charge in [-0.1, -0.05) is 12.8 Å². The highest BCUT2D eigenvalue weighted by molar-refractivity contribution is 7.92. The number of sulfone groups is 1. The van der Waals surface area contributed by atoms with Crippen LogP contribution >= 0.6 is 11.3 Å². The van der Waals surface area contributed by atoms with Gasteiger partial charge in [0.2, 0.25) is 5.91 Å². The fourth-order valence-electron chi connectivity index (χ4n) is 2.58. The third-order valence-electron chi connectivity index (χ3n) is 3.84. The SMILES string of the molecule is CN(Cc1ccsc1)C(=O)CCS(=O)(=O)C1CCCC1. The molecule has 1 aromatic heterocycles. The second kappa shape index (κ2) is 6.72. The van der Waals surface area contributed by atoms with Crippen molar-refractivity contribution >= 4 is 27.1 Å². The van der Waals surface area contributed by atoms with Crippen molar-refractivity contribution in [2.75, 3.05) is 12.8 Å². The summed E-state index contributed by atoms with van der Waals surface area (Å²) in [6.45, 7) is 0.547. The van der Waals surface area contributed by atoms with Gasteiger partial charge in [-0.2, -0.15) is 11.3 Å². The molecule has 0 aliphatic heterocycles. The largest absolute Gasteiger partial charge is 0.341 e. The lowest BCUT2D eigenvalue weighted by Crippen LogP contribution is -2.30. The molecule has 1 heterocycles. The van der Waals surface area contributed by atoms with Crippen molar-refractivity contribution in [3.05, 3.63) is 22.4 Å². The van der Waals surface area contributed by atoms with Gasteiger partial charge in [0, 0.05) is 20.0 Å². The van der Waals surface area contributed by atoms with E-state index < -0.39 is 9.84 Å². The highest BCUT2D eigenvalue weighted by Gasteiger charge is 2.29. The number of hydrogen-bond acceptors (Lipinski definition) is 4. The minimum absolute atomic E-state index is 0.00945. The van der Waals surface area contributed by atoms with Crippen LogP contribution in [-0.2, 0) is 21.2 Å². The fourth-order valence-corrected chi connectivity index (χ4v) is 5.08. The smallest absolute Gasteiger partial charge is 0.223 e. The molecule has 0 bridgehead atoms. The van der Waals surface area contributed by atoms with E-state index in [1.807, 2.05) is 16.8 Å². The van der Waals surface area contributed by atoms with Crippen LogP contribution in [0.1, 0.15) is 37.7 Å². The van der Waals surface area contributed by atoms with Crippen LogP contribution in [0.15, 0.2) is 16.8 Å². The molecule has 0 atom stereocenters. The van der Waals surface area contributed by atoms with Crippen LogP contribution in [0.3, 0.4) is 0 Å². The molecule has 4 nitrogen and oxygen atoms in total. The van der Waals surface area contributed by atoms with Gasteiger partial charge in [0.1, 0.15) is 0 Å². The van der Waals surface area contributed by atoms with Gasteiger partial charge in [0.25, 0.3) is 0 Å². The van der Waals surface area contributed by atoms with Gasteiger partial charge in [-0.15, -0.1) is 0 Å². The van der Waals surface area contributed by atoms with Crippen molar-refractivity contribution < 1.29 is 13.2 Å². The molecule has 1 amide bonds. The molecule has 1 aromatic rings. The number of thiophene rings is 1. The first-order valence-electron chi connectivity index (χ1n) is 6.95. The van der Waals surface area contributed by atoms with E-state index in [1.54, 1.807) is 23.3 Å². The first-order valence-corrected chi connectivity index (χ1v) is 9.61. The van der Waals surface area contributed by atoms with E-state index in [9.17, 15) is 13.2 Å². The maximum Gasteiger partial charge on any atom is 0.223 e. The molecule has 0 unspecified atom stereocenters. The summed E-state index contributed by atoms with van der Waals surface area (Å²) < 4.78 is 24.2. The summed E-state index contributed by atoms with van der Waals surface area (Å²) in [5.74, 6) is -0.109. The van der Waals surface area contributed by atoms with Crippen molar-refractivity contribution in [3.63, 3.8) is 0 Å². The maximum atomic E-state index is 12.1. The van der Waals surface area contributed by atoms with E-state index in [2.05, 4.69) is 0 Å². The van der Waals surface area contributed by atoms with Crippen LogP contribution in [0, 0.1) is 0 Å². The summed E-state index contributed by atoms with van der Waals surface area (Å²) in [7, 11) is -1.37. The number of hydrogen-bond donors (Lipinski definition) is 0. The van der Waals surface area contributed by atoms with Crippen molar-refractivity contribution in [1.82, 2.24) is 4.90 Å². The number of carbonyl (C=O) groups is 1. The Morgan fingerprint density at radius 3 is 2.70 bits per heavy atom. The third kappa shape index (κ3) is 4.06. The molecule has 0 saturated heterocycles. The topological polar surface area (TPSA) is 54.5 Å². The van der Waals surface area contributed by atoms with Gasteiger partial charge < -0.3 is 4.90 Å². The van der Waals surface area contributed by atoms with Gasteiger partial charge in [-0.25, -0.2) is 8.42 Å². The predicted octanol–water partition coefficient (Wildman–Crippen LogP) is 2.45. The summed E-state index contributed by atoms with van der Waals surface area (Å²) in [6.07, 6.45) is 3.62. The van der Waals surface area contributed by atoms with Gasteiger partial charge >= 0.3 is 0 Å². The molecule has 0 radical (unpaired) electrons. The first kappa shape index (κ1) is 15.5. The Balaban J connectivity index is 1.82. The summed E-state index contributed by atoms with van der Waals surface area (Å²) in [5.41, 5.74) is 1.09. The maximum absolute atomic E-state index is 12.1. The Hall–Kier alpha value is -0.880. The minimum Gasteiger partial charge on any atom is -0.341 e. The fraction of sp³-hybridized carbons (Fsp3) is 0.643. The Morgan fingerprint density at radius 2 is 2.10 bits per heavy atom. The quantitative estimate of drug-likeness (QED) is 0.810. The molecule has 20 heavy (non-hydrogen) atoms. The van der Waals surface area contributed by atoms with Crippen LogP contribution in [-0.4, -0.2) is 37.3 Å². The highest BCUT2D eigenvalue weighted by atomic mass is 32.2. The molecule has 6 heteroatoms. The van der Waals surface area contributed by atoms with E-state index in [-0.39, 0.29) is 23.3 Å². The van der Waals surface area contributed by atoms with E-state index in [4.69, 9.17) is 0 Å². The second-order valence-electron chi connectivity index (χ2n) is 5.40. The standard InChI is InChI=1S/C14H21NO3S2/c1-15(10-12-6-8-19-11-12)14(16)7-9-20(17,18)13-4-2-3-5-13/h6,8,11,13H,2-5,7,9-10H2,1H3. The number of amides is 1. The van der Waals surface area contributed by atoms with Gasteiger partial charge in [-0.05, 0) is 35.2 Å². The second-order valence-corrected chi connectivity index (χ2v) is 8.59. The lowest BCUT2D eigenvalue weighted by molar-refractivity contribution is -0.130. The molecule has 1 saturated carbocycles. The van der Waals surface area contributed by atoms with Crippen molar-refractivity contribution in [1.29, 1.82) is 0 Å². The molecular formula is C14H21NO3S2. The molecule has 0 spiro atoms. The third-order valence-corrected chi connectivity index (χ3v) is 6.83. The van der Waals surface area contributed by atoms with Crippen LogP contribution < -0.4 is 0 Å². The summed E-state index contributed by atoms with van der Waals surface area (Å²) in [6, 6.07) is 1.98. The summed E-state index contributed by atoms with van der Waals surface area (Å²) >= 11 is 1.59. The predicted molar refractivity (Wildman–Crippen MR) is 81.5 cm³/mol. The number of nitrogens with zero attached hydrogens (tertiary/aromatic N) is 1. The van der Waals surface area contributed by atoms with Crippen molar-refractivity contribution in [3.8, 4) is 0 Å². The van der Waals surface area contributed by atoms with Gasteiger partial charge in [0.15, 0.2) is 9.84 Å². The molecule has 0 N–H and O–H groups in total. The number of carbonyl (C=O) groups excluding carboxylic acids is 1. The molecule has 2 rings (SSSR count). The zero-order chi connectivity index (χ0) is 14.6. The highest BCUT2D eigenvalue weighted by Crippen LogP contribution is 2.25.